The maximum Gasteiger partial charge on any atom is 0.189 e. The normalized spacial score (nSPS) is 51.7. The van der Waals surface area contributed by atoms with Gasteiger partial charge in [-0.25, -0.2) is 0 Å². The van der Waals surface area contributed by atoms with Gasteiger partial charge in [0.05, 0.1) is 13.2 Å². The summed E-state index contributed by atoms with van der Waals surface area (Å²) in [6, 6.07) is 0. The Hall–Kier alpha value is -0.440. The molecule has 2 aliphatic heterocycles. The molecule has 0 amide bonds. The van der Waals surface area contributed by atoms with Crippen molar-refractivity contribution >= 4 is 0 Å². The second-order valence-corrected chi connectivity index (χ2v) is 5.53. The molecule has 0 aliphatic carbocycles. The molecule has 0 aromatic rings. The summed E-state index contributed by atoms with van der Waals surface area (Å²) in [5, 5.41) is 76.4. The van der Waals surface area contributed by atoms with Crippen molar-refractivity contribution in [2.45, 2.75) is 61.4 Å². The minimum atomic E-state index is -1.72. The van der Waals surface area contributed by atoms with Crippen LogP contribution in [-0.4, -0.2) is 115 Å². The summed E-state index contributed by atoms with van der Waals surface area (Å²) in [7, 11) is 0. The second-order valence-electron chi connectivity index (χ2n) is 5.53. The van der Waals surface area contributed by atoms with Crippen LogP contribution >= 0.6 is 0 Å². The van der Waals surface area contributed by atoms with Crippen molar-refractivity contribution in [1.82, 2.24) is 0 Å². The fourth-order valence-corrected chi connectivity index (χ4v) is 2.49. The molecule has 2 saturated heterocycles. The van der Waals surface area contributed by atoms with Crippen LogP contribution in [0.2, 0.25) is 0 Å². The highest BCUT2D eigenvalue weighted by Gasteiger charge is 2.49. The lowest BCUT2D eigenvalue weighted by Gasteiger charge is -2.44. The lowest BCUT2D eigenvalue weighted by atomic mass is 9.98. The number of hydrogen-bond acceptors (Lipinski definition) is 11. The van der Waals surface area contributed by atoms with Gasteiger partial charge in [-0.15, -0.1) is 0 Å². The van der Waals surface area contributed by atoms with Crippen LogP contribution in [0.3, 0.4) is 0 Å². The fraction of sp³-hybridized carbons (Fsp3) is 1.00. The Labute approximate surface area is 130 Å². The molecular formula is C12H22O11. The van der Waals surface area contributed by atoms with Gasteiger partial charge in [0, 0.05) is 0 Å². The molecule has 10 atom stereocenters. The van der Waals surface area contributed by atoms with Crippen molar-refractivity contribution in [3.63, 3.8) is 0 Å². The van der Waals surface area contributed by atoms with Crippen LogP contribution in [0.1, 0.15) is 0 Å². The molecule has 2 rings (SSSR count). The van der Waals surface area contributed by atoms with Gasteiger partial charge in [0.2, 0.25) is 0 Å². The van der Waals surface area contributed by atoms with E-state index in [4.69, 9.17) is 24.4 Å². The molecule has 0 radical (unpaired) electrons. The zero-order valence-electron chi connectivity index (χ0n) is 12.0. The van der Waals surface area contributed by atoms with Crippen molar-refractivity contribution in [2.24, 2.45) is 0 Å². The van der Waals surface area contributed by atoms with E-state index in [1.165, 1.54) is 0 Å². The Morgan fingerprint density at radius 2 is 0.913 bits per heavy atom. The van der Waals surface area contributed by atoms with E-state index in [1.54, 1.807) is 0 Å². The summed E-state index contributed by atoms with van der Waals surface area (Å²) in [5.74, 6) is 0. The smallest absolute Gasteiger partial charge is 0.189 e. The van der Waals surface area contributed by atoms with Gasteiger partial charge in [0.1, 0.15) is 48.8 Å². The summed E-state index contributed by atoms with van der Waals surface area (Å²) in [6.45, 7) is -1.33. The highest BCUT2D eigenvalue weighted by atomic mass is 16.8. The van der Waals surface area contributed by atoms with Crippen LogP contribution in [0.25, 0.3) is 0 Å². The van der Waals surface area contributed by atoms with Crippen molar-refractivity contribution in [2.75, 3.05) is 13.2 Å². The molecule has 2 heterocycles. The largest absolute Gasteiger partial charge is 0.394 e. The molecule has 2 fully saturated rings. The van der Waals surface area contributed by atoms with E-state index in [1.807, 2.05) is 0 Å². The van der Waals surface area contributed by atoms with E-state index in [2.05, 4.69) is 0 Å². The predicted octanol–water partition coefficient (Wildman–Crippen LogP) is -5.40. The molecule has 23 heavy (non-hydrogen) atoms. The van der Waals surface area contributed by atoms with Crippen molar-refractivity contribution < 1.29 is 55.1 Å². The first-order chi connectivity index (χ1) is 10.8. The van der Waals surface area contributed by atoms with Crippen molar-refractivity contribution in [3.05, 3.63) is 0 Å². The molecule has 8 N–H and O–H groups in total. The molecule has 5 unspecified atom stereocenters. The van der Waals surface area contributed by atoms with E-state index in [0.29, 0.717) is 0 Å². The Morgan fingerprint density at radius 1 is 0.565 bits per heavy atom. The summed E-state index contributed by atoms with van der Waals surface area (Å²) in [4.78, 5) is 0. The molecule has 136 valence electrons. The number of hydrogen-bond donors (Lipinski definition) is 8. The SMILES string of the molecule is OCC1O[C@@H](O[C@H]2O[C@H](CO)[C@@H](O)C(O)C2O)C(O)C(O)[C@@H]1O. The maximum absolute atomic E-state index is 9.84. The molecule has 2 aliphatic rings. The Bertz CT molecular complexity index is 344. The number of ether oxygens (including phenoxy) is 3. The maximum atomic E-state index is 9.84. The topological polar surface area (TPSA) is 190 Å². The minimum absolute atomic E-state index is 0.667. The van der Waals surface area contributed by atoms with Crippen LogP contribution in [0.5, 0.6) is 0 Å². The average Bonchev–Trinajstić information content (AvgIpc) is 2.55. The van der Waals surface area contributed by atoms with Crippen molar-refractivity contribution in [3.8, 4) is 0 Å². The van der Waals surface area contributed by atoms with E-state index < -0.39 is 74.6 Å². The van der Waals surface area contributed by atoms with E-state index in [0.717, 1.165) is 0 Å². The lowest BCUT2D eigenvalue weighted by Crippen LogP contribution is -2.63. The molecule has 0 bridgehead atoms. The molecule has 0 spiro atoms. The summed E-state index contributed by atoms with van der Waals surface area (Å²) in [6.07, 6.45) is -15.6. The summed E-state index contributed by atoms with van der Waals surface area (Å²) < 4.78 is 15.3. The van der Waals surface area contributed by atoms with E-state index >= 15 is 0 Å². The van der Waals surface area contributed by atoms with Gasteiger partial charge in [-0.2, -0.15) is 0 Å². The summed E-state index contributed by atoms with van der Waals surface area (Å²) in [5.41, 5.74) is 0. The van der Waals surface area contributed by atoms with Gasteiger partial charge in [0.15, 0.2) is 12.6 Å². The quantitative estimate of drug-likeness (QED) is 0.243. The zero-order valence-corrected chi connectivity index (χ0v) is 12.0. The number of rotatable bonds is 4. The monoisotopic (exact) mass is 342 g/mol. The van der Waals surface area contributed by atoms with Gasteiger partial charge in [0.25, 0.3) is 0 Å². The van der Waals surface area contributed by atoms with Gasteiger partial charge in [-0.3, -0.25) is 0 Å². The van der Waals surface area contributed by atoms with Crippen LogP contribution in [0.4, 0.5) is 0 Å². The highest BCUT2D eigenvalue weighted by Crippen LogP contribution is 2.27. The Morgan fingerprint density at radius 3 is 1.22 bits per heavy atom. The third-order valence-electron chi connectivity index (χ3n) is 3.97. The molecular weight excluding hydrogens is 320 g/mol. The van der Waals surface area contributed by atoms with Crippen molar-refractivity contribution in [1.29, 1.82) is 0 Å². The average molecular weight is 342 g/mol. The fourth-order valence-electron chi connectivity index (χ4n) is 2.49. The summed E-state index contributed by atoms with van der Waals surface area (Å²) >= 11 is 0. The zero-order chi connectivity index (χ0) is 17.3. The highest BCUT2D eigenvalue weighted by molar-refractivity contribution is 4.92. The standard InChI is InChI=1S/C12H22O11/c13-1-3-5(15)7(17)9(19)11(21-3)23-12-10(20)8(18)6(16)4(2-14)22-12/h3-20H,1-2H2/t3-,4?,5-,6-,7?,8?,9?,10?,11-,12+/m1/s1. The third-order valence-corrected chi connectivity index (χ3v) is 3.97. The van der Waals surface area contributed by atoms with Crippen LogP contribution in [0, 0.1) is 0 Å². The van der Waals surface area contributed by atoms with Gasteiger partial charge < -0.3 is 55.1 Å². The second kappa shape index (κ2) is 7.63. The Kier molecular flexibility index (Phi) is 6.27. The predicted molar refractivity (Wildman–Crippen MR) is 68.6 cm³/mol. The van der Waals surface area contributed by atoms with Crippen LogP contribution in [0.15, 0.2) is 0 Å². The molecule has 0 aromatic carbocycles. The molecule has 0 aromatic heterocycles. The first kappa shape index (κ1) is 18.9. The van der Waals surface area contributed by atoms with Gasteiger partial charge >= 0.3 is 0 Å². The molecule has 11 nitrogen and oxygen atoms in total. The lowest BCUT2D eigenvalue weighted by molar-refractivity contribution is -0.376. The first-order valence-electron chi connectivity index (χ1n) is 7.08. The number of aliphatic hydroxyl groups excluding tert-OH is 8. The van der Waals surface area contributed by atoms with E-state index in [9.17, 15) is 30.6 Å². The molecule has 0 saturated carbocycles. The molecule has 11 heteroatoms. The minimum Gasteiger partial charge on any atom is -0.394 e. The van der Waals surface area contributed by atoms with Crippen LogP contribution in [-0.2, 0) is 14.2 Å². The first-order valence-corrected chi connectivity index (χ1v) is 7.08. The van der Waals surface area contributed by atoms with Gasteiger partial charge in [-0.05, 0) is 0 Å². The van der Waals surface area contributed by atoms with E-state index in [-0.39, 0.29) is 0 Å². The van der Waals surface area contributed by atoms with Gasteiger partial charge in [-0.1, -0.05) is 0 Å². The number of aliphatic hydroxyl groups is 8. The third kappa shape index (κ3) is 3.65. The Balaban J connectivity index is 2.07. The van der Waals surface area contributed by atoms with Crippen LogP contribution < -0.4 is 0 Å².